The van der Waals surface area contributed by atoms with E-state index in [9.17, 15) is 4.39 Å². The van der Waals surface area contributed by atoms with Gasteiger partial charge in [-0.25, -0.2) is 13.8 Å². The summed E-state index contributed by atoms with van der Waals surface area (Å²) < 4.78 is 40.5. The Morgan fingerprint density at radius 1 is 0.870 bits per heavy atom. The fourth-order valence-electron chi connectivity index (χ4n) is 7.22. The quantitative estimate of drug-likeness (QED) is 0.178. The maximum atomic E-state index is 15.1. The Balaban J connectivity index is 1.21. The third-order valence-electron chi connectivity index (χ3n) is 9.75. The Hall–Kier alpha value is -6.25. The largest absolute Gasteiger partial charge is 0.482 e. The van der Waals surface area contributed by atoms with Crippen LogP contribution in [0, 0.1) is 11.6 Å². The summed E-state index contributed by atoms with van der Waals surface area (Å²) in [6.45, 7) is 9.25. The molecule has 0 saturated heterocycles. The van der Waals surface area contributed by atoms with Crippen LogP contribution in [0.1, 0.15) is 73.5 Å². The van der Waals surface area contributed by atoms with E-state index in [1.54, 1.807) is 32.4 Å². The van der Waals surface area contributed by atoms with Gasteiger partial charge in [0.25, 0.3) is 0 Å². The normalized spacial score (nSPS) is 14.3. The maximum Gasteiger partial charge on any atom is 0.169 e. The standard InChI is InChI=1S/C39H40F2N12O/c1-7-52-21-24(18-43-52)13-33-36(48-50(5)46-33)29-11-9-27(40)16-31(29)22(3)45-39-35-15-26(19-42-39)38-25(20-44-53(38)8-2)14-34-37(49-51(6)47-34)30-12-10-28(41)17-32(30)23(4)54-35/h9-12,15-23H,7-8,13-14H2,1-6H3,(H,42,45)/t22-,23-/m1/s1. The molecule has 0 spiro atoms. The summed E-state index contributed by atoms with van der Waals surface area (Å²) in [6, 6.07) is 10.7. The van der Waals surface area contributed by atoms with E-state index in [2.05, 4.69) is 20.6 Å². The lowest BCUT2D eigenvalue weighted by atomic mass is 9.96. The number of hydrogen-bond acceptors (Lipinski definition) is 9. The minimum absolute atomic E-state index is 0.387. The van der Waals surface area contributed by atoms with Crippen LogP contribution in [0.3, 0.4) is 0 Å². The molecule has 0 amide bonds. The molecule has 1 N–H and O–H groups in total. The third kappa shape index (κ3) is 6.50. The van der Waals surface area contributed by atoms with Crippen molar-refractivity contribution in [2.24, 2.45) is 14.1 Å². The second kappa shape index (κ2) is 14.0. The van der Waals surface area contributed by atoms with Crippen LogP contribution >= 0.6 is 0 Å². The van der Waals surface area contributed by atoms with E-state index in [-0.39, 0.29) is 5.82 Å². The SMILES string of the molecule is CCn1cc(Cc2nn(C)nc2-c2ccc(F)cc2[C@@H](C)Nc2ncc3cc2O[C@H](C)c2cc(F)ccc2-c2nn(C)nc2Cc2cnn(CC)c2-3)cn1. The molecule has 0 radical (unpaired) electrons. The van der Waals surface area contributed by atoms with Gasteiger partial charge in [0, 0.05) is 80.2 Å². The molecular formula is C39H40F2N12O. The van der Waals surface area contributed by atoms with E-state index in [1.807, 2.05) is 61.7 Å². The van der Waals surface area contributed by atoms with Crippen molar-refractivity contribution in [2.75, 3.05) is 5.32 Å². The lowest BCUT2D eigenvalue weighted by Crippen LogP contribution is -2.14. The molecule has 54 heavy (non-hydrogen) atoms. The molecule has 0 aliphatic carbocycles. The highest BCUT2D eigenvalue weighted by atomic mass is 19.1. The number of nitrogens with one attached hydrogen (secondary N) is 1. The number of ether oxygens (including phenoxy) is 1. The number of halogens is 2. The number of benzene rings is 2. The van der Waals surface area contributed by atoms with Crippen molar-refractivity contribution in [3.8, 4) is 39.5 Å². The average molecular weight is 731 g/mol. The molecule has 13 nitrogen and oxygen atoms in total. The summed E-state index contributed by atoms with van der Waals surface area (Å²) in [5.74, 6) is 0.0810. The van der Waals surface area contributed by atoms with Gasteiger partial charge in [0.2, 0.25) is 0 Å². The van der Waals surface area contributed by atoms with Gasteiger partial charge in [-0.1, -0.05) is 0 Å². The van der Waals surface area contributed by atoms with Crippen molar-refractivity contribution in [2.45, 2.75) is 65.8 Å². The van der Waals surface area contributed by atoms with E-state index in [0.717, 1.165) is 51.4 Å². The van der Waals surface area contributed by atoms with Gasteiger partial charge in [0.05, 0.1) is 35.5 Å². The van der Waals surface area contributed by atoms with Crippen molar-refractivity contribution in [1.82, 2.24) is 54.5 Å². The predicted octanol–water partition coefficient (Wildman–Crippen LogP) is 6.86. The molecule has 2 aromatic carbocycles. The molecule has 5 aromatic heterocycles. The van der Waals surface area contributed by atoms with Crippen molar-refractivity contribution in [1.29, 1.82) is 0 Å². The number of pyridine rings is 1. The highest BCUT2D eigenvalue weighted by Gasteiger charge is 2.27. The molecular weight excluding hydrogens is 691 g/mol. The summed E-state index contributed by atoms with van der Waals surface area (Å²) in [5.41, 5.74) is 9.11. The number of anilines is 1. The van der Waals surface area contributed by atoms with E-state index in [4.69, 9.17) is 25.0 Å². The zero-order valence-electron chi connectivity index (χ0n) is 30.9. The first-order valence-corrected chi connectivity index (χ1v) is 18.0. The van der Waals surface area contributed by atoms with Crippen molar-refractivity contribution in [3.05, 3.63) is 113 Å². The molecule has 2 atom stereocenters. The Morgan fingerprint density at radius 2 is 1.63 bits per heavy atom. The van der Waals surface area contributed by atoms with Crippen LogP contribution in [0.25, 0.3) is 33.8 Å². The number of aromatic nitrogens is 11. The lowest BCUT2D eigenvalue weighted by molar-refractivity contribution is 0.227. The molecule has 15 heteroatoms. The fraction of sp³-hybridized carbons (Fsp3) is 0.308. The first-order chi connectivity index (χ1) is 26.1. The van der Waals surface area contributed by atoms with Gasteiger partial charge in [0.1, 0.15) is 29.1 Å². The zero-order chi connectivity index (χ0) is 37.7. The van der Waals surface area contributed by atoms with Crippen molar-refractivity contribution in [3.63, 3.8) is 0 Å². The second-order valence-corrected chi connectivity index (χ2v) is 13.5. The summed E-state index contributed by atoms with van der Waals surface area (Å²) in [6.07, 6.45) is 7.77. The van der Waals surface area contributed by atoms with E-state index in [0.29, 0.717) is 53.5 Å². The number of rotatable bonds is 8. The molecule has 2 bridgehead atoms. The van der Waals surface area contributed by atoms with E-state index >= 15 is 4.39 Å². The fourth-order valence-corrected chi connectivity index (χ4v) is 7.22. The first kappa shape index (κ1) is 34.8. The van der Waals surface area contributed by atoms with Gasteiger partial charge in [-0.2, -0.15) is 40.2 Å². The smallest absolute Gasteiger partial charge is 0.169 e. The van der Waals surface area contributed by atoms with Crippen LogP contribution in [0.2, 0.25) is 0 Å². The molecule has 0 saturated carbocycles. The third-order valence-corrected chi connectivity index (χ3v) is 9.75. The van der Waals surface area contributed by atoms with Gasteiger partial charge in [0.15, 0.2) is 11.6 Å². The van der Waals surface area contributed by atoms with Gasteiger partial charge in [-0.15, -0.1) is 0 Å². The van der Waals surface area contributed by atoms with Crippen LogP contribution < -0.4 is 10.1 Å². The molecule has 1 aliphatic rings. The molecule has 0 fully saturated rings. The van der Waals surface area contributed by atoms with Crippen LogP contribution in [-0.2, 0) is 40.0 Å². The number of nitrogens with zero attached hydrogens (tertiary/aromatic N) is 11. The first-order valence-electron chi connectivity index (χ1n) is 18.0. The Morgan fingerprint density at radius 3 is 2.41 bits per heavy atom. The molecule has 276 valence electrons. The summed E-state index contributed by atoms with van der Waals surface area (Å²) in [5, 5.41) is 31.4. The van der Waals surface area contributed by atoms with Crippen LogP contribution in [0.4, 0.5) is 14.6 Å². The summed E-state index contributed by atoms with van der Waals surface area (Å²) in [7, 11) is 3.54. The molecule has 8 rings (SSSR count). The minimum Gasteiger partial charge on any atom is -0.482 e. The number of aryl methyl sites for hydroxylation is 4. The summed E-state index contributed by atoms with van der Waals surface area (Å²) in [4.78, 5) is 7.96. The molecule has 7 aromatic rings. The number of hydrogen-bond donors (Lipinski definition) is 1. The number of fused-ring (bicyclic) bond motifs is 7. The van der Waals surface area contributed by atoms with Crippen LogP contribution in [-0.4, -0.2) is 54.5 Å². The van der Waals surface area contributed by atoms with E-state index < -0.39 is 18.0 Å². The molecule has 1 aliphatic heterocycles. The van der Waals surface area contributed by atoms with Gasteiger partial charge in [-0.05, 0) is 81.3 Å². The second-order valence-electron chi connectivity index (χ2n) is 13.5. The van der Waals surface area contributed by atoms with Gasteiger partial charge < -0.3 is 10.1 Å². The monoisotopic (exact) mass is 730 g/mol. The topological polar surface area (TPSA) is 131 Å². The zero-order valence-corrected chi connectivity index (χ0v) is 30.9. The minimum atomic E-state index is -0.627. The van der Waals surface area contributed by atoms with Gasteiger partial charge >= 0.3 is 0 Å². The Labute approximate surface area is 310 Å². The Kier molecular flexibility index (Phi) is 8.99. The lowest BCUT2D eigenvalue weighted by Gasteiger charge is -2.24. The van der Waals surface area contributed by atoms with Crippen molar-refractivity contribution >= 4 is 5.82 Å². The van der Waals surface area contributed by atoms with Crippen LogP contribution in [0.15, 0.2) is 67.3 Å². The van der Waals surface area contributed by atoms with Crippen molar-refractivity contribution < 1.29 is 13.5 Å². The highest BCUT2D eigenvalue weighted by molar-refractivity contribution is 5.72. The molecule has 0 unspecified atom stereocenters. The molecule has 6 heterocycles. The highest BCUT2D eigenvalue weighted by Crippen LogP contribution is 2.40. The average Bonchev–Trinajstić information content (AvgIpc) is 3.95. The van der Waals surface area contributed by atoms with E-state index in [1.165, 1.54) is 33.9 Å². The summed E-state index contributed by atoms with van der Waals surface area (Å²) >= 11 is 0. The Bertz CT molecular complexity index is 2490. The van der Waals surface area contributed by atoms with Crippen LogP contribution in [0.5, 0.6) is 5.75 Å². The maximum absolute atomic E-state index is 15.1. The predicted molar refractivity (Wildman–Crippen MR) is 199 cm³/mol. The van der Waals surface area contributed by atoms with Gasteiger partial charge in [-0.3, -0.25) is 9.36 Å².